The zero-order valence-electron chi connectivity index (χ0n) is 11.4. The topological polar surface area (TPSA) is 33.6 Å². The van der Waals surface area contributed by atoms with Crippen molar-refractivity contribution in [1.29, 1.82) is 0 Å². The Morgan fingerprint density at radius 3 is 2.94 bits per heavy atom. The summed E-state index contributed by atoms with van der Waals surface area (Å²) in [6, 6.07) is 0.614. The fraction of sp³-hybridized carbons (Fsp3) is 0.923. The van der Waals surface area contributed by atoms with Gasteiger partial charge < -0.3 is 10.1 Å². The number of aliphatic imine (C=N–C) groups is 1. The number of nitrogens with one attached hydrogen (secondary N) is 1. The van der Waals surface area contributed by atoms with Crippen molar-refractivity contribution in [1.82, 2.24) is 5.32 Å². The van der Waals surface area contributed by atoms with Gasteiger partial charge in [-0.1, -0.05) is 25.6 Å². The summed E-state index contributed by atoms with van der Waals surface area (Å²) >= 11 is 1.87. The Bertz CT molecular complexity index is 231. The molecule has 0 spiro atoms. The van der Waals surface area contributed by atoms with E-state index in [2.05, 4.69) is 24.2 Å². The van der Waals surface area contributed by atoms with Crippen LogP contribution in [0, 0.1) is 5.92 Å². The van der Waals surface area contributed by atoms with Crippen molar-refractivity contribution in [3.05, 3.63) is 0 Å². The van der Waals surface area contributed by atoms with E-state index in [0.29, 0.717) is 12.0 Å². The predicted octanol–water partition coefficient (Wildman–Crippen LogP) is 2.91. The van der Waals surface area contributed by atoms with Crippen LogP contribution in [0.25, 0.3) is 0 Å². The third-order valence-electron chi connectivity index (χ3n) is 3.04. The minimum atomic E-state index is 0.614. The third kappa shape index (κ3) is 6.32. The van der Waals surface area contributed by atoms with E-state index in [0.717, 1.165) is 24.7 Å². The molecule has 0 aromatic heterocycles. The van der Waals surface area contributed by atoms with Crippen molar-refractivity contribution in [2.75, 3.05) is 26.0 Å². The highest BCUT2D eigenvalue weighted by molar-refractivity contribution is 8.13. The van der Waals surface area contributed by atoms with E-state index < -0.39 is 0 Å². The maximum absolute atomic E-state index is 5.03. The average molecular weight is 258 g/mol. The minimum Gasteiger partial charge on any atom is -0.385 e. The first kappa shape index (κ1) is 14.8. The Morgan fingerprint density at radius 2 is 2.24 bits per heavy atom. The van der Waals surface area contributed by atoms with Gasteiger partial charge >= 0.3 is 0 Å². The number of unbranched alkanes of at least 4 members (excludes halogenated alkanes) is 2. The van der Waals surface area contributed by atoms with Crippen molar-refractivity contribution in [3.63, 3.8) is 0 Å². The molecule has 1 heterocycles. The molecule has 1 saturated heterocycles. The standard InChI is InChI=1S/C13H26N2OS/c1-11(2)12-7-10-17-13(15-12)14-8-5-4-6-9-16-3/h11-12H,4-10H2,1-3H3,(H,14,15). The highest BCUT2D eigenvalue weighted by atomic mass is 32.2. The Morgan fingerprint density at radius 1 is 1.41 bits per heavy atom. The first-order chi connectivity index (χ1) is 8.24. The Hall–Kier alpha value is -0.220. The maximum atomic E-state index is 5.03. The Labute approximate surface area is 110 Å². The molecule has 0 amide bonds. The molecule has 0 aliphatic carbocycles. The summed E-state index contributed by atoms with van der Waals surface area (Å²) in [5.41, 5.74) is 0. The third-order valence-corrected chi connectivity index (χ3v) is 4.00. The number of nitrogens with zero attached hydrogens (tertiary/aromatic N) is 1. The van der Waals surface area contributed by atoms with Crippen LogP contribution in [-0.4, -0.2) is 37.2 Å². The number of amidine groups is 1. The molecular formula is C13H26N2OS. The van der Waals surface area contributed by atoms with E-state index in [1.54, 1.807) is 7.11 Å². The van der Waals surface area contributed by atoms with Crippen LogP contribution in [0.4, 0.5) is 0 Å². The number of rotatable bonds is 7. The molecule has 0 radical (unpaired) electrons. The monoisotopic (exact) mass is 258 g/mol. The molecule has 0 bridgehead atoms. The average Bonchev–Trinajstić information content (AvgIpc) is 2.34. The van der Waals surface area contributed by atoms with Crippen LogP contribution >= 0.6 is 11.8 Å². The first-order valence-corrected chi connectivity index (χ1v) is 7.65. The lowest BCUT2D eigenvalue weighted by molar-refractivity contribution is 0.192. The van der Waals surface area contributed by atoms with Gasteiger partial charge in [-0.25, -0.2) is 0 Å². The number of methoxy groups -OCH3 is 1. The second kappa shape index (κ2) is 8.81. The van der Waals surface area contributed by atoms with Crippen LogP contribution in [0.15, 0.2) is 4.99 Å². The van der Waals surface area contributed by atoms with Crippen LogP contribution < -0.4 is 5.32 Å². The number of hydrogen-bond donors (Lipinski definition) is 1. The van der Waals surface area contributed by atoms with Crippen LogP contribution in [0.5, 0.6) is 0 Å². The van der Waals surface area contributed by atoms with Crippen molar-refractivity contribution in [3.8, 4) is 0 Å². The molecule has 1 atom stereocenters. The van der Waals surface area contributed by atoms with Gasteiger partial charge in [-0.3, -0.25) is 4.99 Å². The zero-order chi connectivity index (χ0) is 12.5. The van der Waals surface area contributed by atoms with Gasteiger partial charge in [-0.05, 0) is 31.6 Å². The smallest absolute Gasteiger partial charge is 0.156 e. The second-order valence-electron chi connectivity index (χ2n) is 4.87. The summed E-state index contributed by atoms with van der Waals surface area (Å²) in [5.74, 6) is 1.90. The quantitative estimate of drug-likeness (QED) is 0.713. The van der Waals surface area contributed by atoms with Gasteiger partial charge in [0.25, 0.3) is 0 Å². The van der Waals surface area contributed by atoms with Crippen molar-refractivity contribution in [2.24, 2.45) is 10.9 Å². The summed E-state index contributed by atoms with van der Waals surface area (Å²) in [6.45, 7) is 6.37. The fourth-order valence-electron chi connectivity index (χ4n) is 1.86. The van der Waals surface area contributed by atoms with Crippen LogP contribution in [0.3, 0.4) is 0 Å². The van der Waals surface area contributed by atoms with Crippen LogP contribution in [0.2, 0.25) is 0 Å². The summed E-state index contributed by atoms with van der Waals surface area (Å²) in [6.07, 6.45) is 4.79. The second-order valence-corrected chi connectivity index (χ2v) is 5.96. The van der Waals surface area contributed by atoms with E-state index in [-0.39, 0.29) is 0 Å². The predicted molar refractivity (Wildman–Crippen MR) is 76.9 cm³/mol. The van der Waals surface area contributed by atoms with Crippen LogP contribution in [0.1, 0.15) is 39.5 Å². The molecule has 0 aromatic carbocycles. The minimum absolute atomic E-state index is 0.614. The lowest BCUT2D eigenvalue weighted by Crippen LogP contribution is -2.41. The largest absolute Gasteiger partial charge is 0.385 e. The SMILES string of the molecule is COCCCCCN=C1NC(C(C)C)CCS1. The van der Waals surface area contributed by atoms with Gasteiger partial charge in [0.1, 0.15) is 0 Å². The molecule has 1 aliphatic heterocycles. The molecule has 0 aromatic rings. The van der Waals surface area contributed by atoms with Crippen molar-refractivity contribution >= 4 is 16.9 Å². The summed E-state index contributed by atoms with van der Waals surface area (Å²) in [7, 11) is 1.76. The molecular weight excluding hydrogens is 232 g/mol. The Kier molecular flexibility index (Phi) is 7.69. The molecule has 1 unspecified atom stereocenters. The van der Waals surface area contributed by atoms with Crippen molar-refractivity contribution in [2.45, 2.75) is 45.6 Å². The number of thioether (sulfide) groups is 1. The van der Waals surface area contributed by atoms with E-state index in [9.17, 15) is 0 Å². The van der Waals surface area contributed by atoms with Crippen LogP contribution in [-0.2, 0) is 4.74 Å². The zero-order valence-corrected chi connectivity index (χ0v) is 12.2. The molecule has 0 saturated carbocycles. The molecule has 100 valence electrons. The van der Waals surface area contributed by atoms with Crippen molar-refractivity contribution < 1.29 is 4.74 Å². The summed E-state index contributed by atoms with van der Waals surface area (Å²) < 4.78 is 5.03. The Balaban J connectivity index is 2.15. The normalized spacial score (nSPS) is 23.1. The molecule has 1 aliphatic rings. The van der Waals surface area contributed by atoms with E-state index in [4.69, 9.17) is 4.74 Å². The maximum Gasteiger partial charge on any atom is 0.156 e. The number of ether oxygens (including phenoxy) is 1. The lowest BCUT2D eigenvalue weighted by Gasteiger charge is -2.28. The van der Waals surface area contributed by atoms with Gasteiger partial charge in [0.2, 0.25) is 0 Å². The van der Waals surface area contributed by atoms with E-state index in [1.165, 1.54) is 25.0 Å². The van der Waals surface area contributed by atoms with Gasteiger partial charge in [-0.15, -0.1) is 0 Å². The highest BCUT2D eigenvalue weighted by Crippen LogP contribution is 2.18. The van der Waals surface area contributed by atoms with E-state index in [1.807, 2.05) is 11.8 Å². The molecule has 1 rings (SSSR count). The molecule has 3 nitrogen and oxygen atoms in total. The fourth-order valence-corrected chi connectivity index (χ4v) is 2.84. The first-order valence-electron chi connectivity index (χ1n) is 6.66. The molecule has 4 heteroatoms. The lowest BCUT2D eigenvalue weighted by atomic mass is 10.0. The molecule has 17 heavy (non-hydrogen) atoms. The molecule has 1 fully saturated rings. The summed E-state index contributed by atoms with van der Waals surface area (Å²) in [5, 5.41) is 4.70. The number of hydrogen-bond acceptors (Lipinski definition) is 3. The van der Waals surface area contributed by atoms with Gasteiger partial charge in [0.05, 0.1) is 0 Å². The van der Waals surface area contributed by atoms with Gasteiger partial charge in [0.15, 0.2) is 5.17 Å². The van der Waals surface area contributed by atoms with Gasteiger partial charge in [-0.2, -0.15) is 0 Å². The summed E-state index contributed by atoms with van der Waals surface area (Å²) in [4.78, 5) is 4.64. The van der Waals surface area contributed by atoms with Gasteiger partial charge in [0, 0.05) is 32.1 Å². The molecule has 1 N–H and O–H groups in total. The highest BCUT2D eigenvalue weighted by Gasteiger charge is 2.19. The van der Waals surface area contributed by atoms with E-state index >= 15 is 0 Å².